The zero-order chi connectivity index (χ0) is 14.4. The Morgan fingerprint density at radius 2 is 2.21 bits per heavy atom. The molecule has 0 amide bonds. The van der Waals surface area contributed by atoms with Crippen LogP contribution in [0, 0.1) is 21.7 Å². The molecular weight excluding hydrogens is 262 g/mol. The fourth-order valence-corrected chi connectivity index (χ4v) is 1.59. The van der Waals surface area contributed by atoms with Crippen LogP contribution in [0.25, 0.3) is 0 Å². The van der Waals surface area contributed by atoms with E-state index in [0.717, 1.165) is 6.07 Å². The summed E-state index contributed by atoms with van der Waals surface area (Å²) in [4.78, 5) is 9.97. The molecule has 0 bridgehead atoms. The fourth-order valence-electron chi connectivity index (χ4n) is 1.59. The van der Waals surface area contributed by atoms with E-state index in [1.165, 1.54) is 7.11 Å². The molecule has 8 heteroatoms. The molecule has 0 fully saturated rings. The summed E-state index contributed by atoms with van der Waals surface area (Å²) in [5, 5.41) is 22.1. The number of aliphatic hydroxyl groups is 1. The van der Waals surface area contributed by atoms with Crippen molar-refractivity contribution in [3.63, 3.8) is 0 Å². The van der Waals surface area contributed by atoms with Crippen molar-refractivity contribution in [2.45, 2.75) is 12.5 Å². The molecule has 0 aliphatic carbocycles. The first-order valence-corrected chi connectivity index (χ1v) is 5.50. The molecule has 19 heavy (non-hydrogen) atoms. The summed E-state index contributed by atoms with van der Waals surface area (Å²) in [5.41, 5.74) is -1.11. The minimum atomic E-state index is -1.33. The van der Waals surface area contributed by atoms with Crippen LogP contribution >= 0.6 is 0 Å². The molecule has 0 aliphatic heterocycles. The Balaban J connectivity index is 3.09. The average molecular weight is 276 g/mol. The van der Waals surface area contributed by atoms with Crippen molar-refractivity contribution in [1.29, 1.82) is 0 Å². The van der Waals surface area contributed by atoms with Crippen molar-refractivity contribution in [1.82, 2.24) is 0 Å². The predicted octanol–water partition coefficient (Wildman–Crippen LogP) is 1.68. The lowest BCUT2D eigenvalue weighted by molar-refractivity contribution is -0.384. The molecule has 0 saturated heterocycles. The monoisotopic (exact) mass is 276 g/mol. The molecule has 0 aliphatic rings. The van der Waals surface area contributed by atoms with E-state index in [2.05, 4.69) is 5.32 Å². The molecule has 6 nitrogen and oxygen atoms in total. The molecule has 1 aromatic rings. The number of nitro groups is 1. The van der Waals surface area contributed by atoms with Gasteiger partial charge >= 0.3 is 0 Å². The molecule has 1 unspecified atom stereocenters. The zero-order valence-corrected chi connectivity index (χ0v) is 10.2. The van der Waals surface area contributed by atoms with Gasteiger partial charge < -0.3 is 15.2 Å². The van der Waals surface area contributed by atoms with E-state index in [0.29, 0.717) is 6.07 Å². The lowest BCUT2D eigenvalue weighted by Crippen LogP contribution is -2.27. The molecule has 0 heterocycles. The number of nitrogens with zero attached hydrogens (tertiary/aromatic N) is 1. The lowest BCUT2D eigenvalue weighted by Gasteiger charge is -2.18. The van der Waals surface area contributed by atoms with Gasteiger partial charge in [-0.25, -0.2) is 8.78 Å². The van der Waals surface area contributed by atoms with E-state index in [-0.39, 0.29) is 19.6 Å². The van der Waals surface area contributed by atoms with Gasteiger partial charge in [0.25, 0.3) is 5.69 Å². The van der Waals surface area contributed by atoms with Crippen LogP contribution in [0.5, 0.6) is 0 Å². The van der Waals surface area contributed by atoms with Crippen LogP contribution in [0.15, 0.2) is 12.1 Å². The van der Waals surface area contributed by atoms with Crippen LogP contribution in [0.3, 0.4) is 0 Å². The quantitative estimate of drug-likeness (QED) is 0.584. The molecule has 0 radical (unpaired) electrons. The number of rotatable bonds is 7. The van der Waals surface area contributed by atoms with E-state index in [9.17, 15) is 18.9 Å². The zero-order valence-electron chi connectivity index (χ0n) is 10.2. The standard InChI is InChI=1S/C11H14F2N2O4/c1-19-6-7(4-5-16)14-11-9(15(17)18)3-2-8(12)10(11)13/h2-3,7,14,16H,4-6H2,1H3. The Morgan fingerprint density at radius 1 is 1.53 bits per heavy atom. The van der Waals surface area contributed by atoms with E-state index in [1.54, 1.807) is 0 Å². The van der Waals surface area contributed by atoms with Gasteiger partial charge in [-0.05, 0) is 12.5 Å². The Hall–Kier alpha value is -1.80. The maximum atomic E-state index is 13.6. The number of ether oxygens (including phenoxy) is 1. The van der Waals surface area contributed by atoms with Crippen molar-refractivity contribution in [3.05, 3.63) is 33.9 Å². The van der Waals surface area contributed by atoms with Gasteiger partial charge in [-0.15, -0.1) is 0 Å². The summed E-state index contributed by atoms with van der Waals surface area (Å²) in [5.74, 6) is -2.51. The van der Waals surface area contributed by atoms with Crippen LogP contribution < -0.4 is 5.32 Å². The van der Waals surface area contributed by atoms with Crippen molar-refractivity contribution in [2.75, 3.05) is 25.6 Å². The Labute approximate surface area is 108 Å². The third kappa shape index (κ3) is 3.83. The van der Waals surface area contributed by atoms with E-state index < -0.39 is 34.0 Å². The number of nitrogens with one attached hydrogen (secondary N) is 1. The van der Waals surface area contributed by atoms with Gasteiger partial charge in [-0.3, -0.25) is 10.1 Å². The van der Waals surface area contributed by atoms with Crippen molar-refractivity contribution >= 4 is 11.4 Å². The number of hydrogen-bond acceptors (Lipinski definition) is 5. The lowest BCUT2D eigenvalue weighted by atomic mass is 10.2. The molecule has 0 saturated carbocycles. The summed E-state index contributed by atoms with van der Waals surface area (Å²) in [6.45, 7) is -0.126. The highest BCUT2D eigenvalue weighted by atomic mass is 19.2. The van der Waals surface area contributed by atoms with Gasteiger partial charge in [-0.1, -0.05) is 0 Å². The van der Waals surface area contributed by atoms with E-state index in [4.69, 9.17) is 9.84 Å². The van der Waals surface area contributed by atoms with Gasteiger partial charge in [-0.2, -0.15) is 0 Å². The summed E-state index contributed by atoms with van der Waals surface area (Å²) >= 11 is 0. The first-order valence-electron chi connectivity index (χ1n) is 5.50. The third-order valence-corrected chi connectivity index (χ3v) is 2.46. The number of hydrogen-bond donors (Lipinski definition) is 2. The smallest absolute Gasteiger partial charge is 0.295 e. The van der Waals surface area contributed by atoms with E-state index >= 15 is 0 Å². The van der Waals surface area contributed by atoms with Crippen LogP contribution in [0.1, 0.15) is 6.42 Å². The second-order valence-corrected chi connectivity index (χ2v) is 3.82. The molecule has 1 atom stereocenters. The number of benzene rings is 1. The normalized spacial score (nSPS) is 12.2. The topological polar surface area (TPSA) is 84.6 Å². The highest BCUT2D eigenvalue weighted by molar-refractivity contribution is 5.63. The first kappa shape index (κ1) is 15.3. The highest BCUT2D eigenvalue weighted by Crippen LogP contribution is 2.29. The van der Waals surface area contributed by atoms with Crippen LogP contribution in [0.2, 0.25) is 0 Å². The Bertz CT molecular complexity index is 451. The Morgan fingerprint density at radius 3 is 2.74 bits per heavy atom. The third-order valence-electron chi connectivity index (χ3n) is 2.46. The molecule has 106 valence electrons. The van der Waals surface area contributed by atoms with Crippen molar-refractivity contribution in [2.24, 2.45) is 0 Å². The maximum absolute atomic E-state index is 13.6. The molecular formula is C11H14F2N2O4. The highest BCUT2D eigenvalue weighted by Gasteiger charge is 2.23. The molecule has 1 rings (SSSR count). The second kappa shape index (κ2) is 6.95. The van der Waals surface area contributed by atoms with Crippen LogP contribution in [0.4, 0.5) is 20.2 Å². The molecule has 2 N–H and O–H groups in total. The average Bonchev–Trinajstić information content (AvgIpc) is 2.35. The first-order chi connectivity index (χ1) is 9.01. The summed E-state index contributed by atoms with van der Waals surface area (Å²) in [6.07, 6.45) is 0.181. The minimum Gasteiger partial charge on any atom is -0.396 e. The molecule has 0 aromatic heterocycles. The summed E-state index contributed by atoms with van der Waals surface area (Å²) in [7, 11) is 1.39. The van der Waals surface area contributed by atoms with Gasteiger partial charge in [0, 0.05) is 19.8 Å². The number of methoxy groups -OCH3 is 1. The predicted molar refractivity (Wildman–Crippen MR) is 64.0 cm³/mol. The number of anilines is 1. The second-order valence-electron chi connectivity index (χ2n) is 3.82. The summed E-state index contributed by atoms with van der Waals surface area (Å²) in [6, 6.07) is 1.00. The summed E-state index contributed by atoms with van der Waals surface area (Å²) < 4.78 is 31.6. The number of aliphatic hydroxyl groups excluding tert-OH is 1. The molecule has 1 aromatic carbocycles. The van der Waals surface area contributed by atoms with Crippen molar-refractivity contribution < 1.29 is 23.5 Å². The largest absolute Gasteiger partial charge is 0.396 e. The SMILES string of the molecule is COCC(CCO)Nc1c([N+](=O)[O-])ccc(F)c1F. The van der Waals surface area contributed by atoms with Gasteiger partial charge in [0.05, 0.1) is 17.6 Å². The van der Waals surface area contributed by atoms with Crippen LogP contribution in [-0.4, -0.2) is 36.4 Å². The number of nitro benzene ring substituents is 1. The molecule has 0 spiro atoms. The van der Waals surface area contributed by atoms with Gasteiger partial charge in [0.2, 0.25) is 0 Å². The van der Waals surface area contributed by atoms with Gasteiger partial charge in [0.15, 0.2) is 17.3 Å². The maximum Gasteiger partial charge on any atom is 0.295 e. The van der Waals surface area contributed by atoms with Crippen LogP contribution in [-0.2, 0) is 4.74 Å². The number of halogens is 2. The Kier molecular flexibility index (Phi) is 5.58. The van der Waals surface area contributed by atoms with E-state index in [1.807, 2.05) is 0 Å². The van der Waals surface area contributed by atoms with Gasteiger partial charge in [0.1, 0.15) is 0 Å². The minimum absolute atomic E-state index is 0.0909. The van der Waals surface area contributed by atoms with Crippen molar-refractivity contribution in [3.8, 4) is 0 Å². The fraction of sp³-hybridized carbons (Fsp3) is 0.455.